The lowest BCUT2D eigenvalue weighted by molar-refractivity contribution is -0.203. The maximum absolute atomic E-state index is 13.8. The van der Waals surface area contributed by atoms with Gasteiger partial charge in [-0.15, -0.1) is 0 Å². The van der Waals surface area contributed by atoms with Crippen molar-refractivity contribution in [2.75, 3.05) is 0 Å². The molecule has 0 aliphatic carbocycles. The van der Waals surface area contributed by atoms with E-state index in [2.05, 4.69) is 5.43 Å². The van der Waals surface area contributed by atoms with Crippen molar-refractivity contribution >= 4 is 5.91 Å². The molecule has 2 rings (SSSR count). The van der Waals surface area contributed by atoms with Gasteiger partial charge in [-0.1, -0.05) is 12.1 Å². The fourth-order valence-corrected chi connectivity index (χ4v) is 2.80. The Balaban J connectivity index is 2.43. The molecule has 0 radical (unpaired) electrons. The highest BCUT2D eigenvalue weighted by molar-refractivity contribution is 5.79. The summed E-state index contributed by atoms with van der Waals surface area (Å²) in [7, 11) is 0. The fourth-order valence-electron chi connectivity index (χ4n) is 2.80. The van der Waals surface area contributed by atoms with Gasteiger partial charge in [0.2, 0.25) is 5.91 Å². The predicted octanol–water partition coefficient (Wildman–Crippen LogP) is 3.98. The minimum atomic E-state index is -4.55. The topological polar surface area (TPSA) is 41.6 Å². The zero-order chi connectivity index (χ0) is 18.3. The summed E-state index contributed by atoms with van der Waals surface area (Å²) < 4.78 is 47.0. The zero-order valence-electron chi connectivity index (χ0n) is 14.5. The van der Waals surface area contributed by atoms with E-state index in [0.29, 0.717) is 5.75 Å². The fraction of sp³-hybridized carbons (Fsp3) is 0.588. The number of alkyl halides is 3. The van der Waals surface area contributed by atoms with Crippen LogP contribution < -0.4 is 10.2 Å². The lowest BCUT2D eigenvalue weighted by Gasteiger charge is -2.38. The molecule has 134 valence electrons. The molecule has 1 N–H and O–H groups in total. The van der Waals surface area contributed by atoms with Gasteiger partial charge in [-0.3, -0.25) is 10.2 Å². The van der Waals surface area contributed by atoms with Gasteiger partial charge in [0.05, 0.1) is 0 Å². The smallest absolute Gasteiger partial charge is 0.409 e. The molecule has 0 saturated carbocycles. The molecule has 1 amide bonds. The maximum Gasteiger partial charge on any atom is 0.409 e. The normalized spacial score (nSPS) is 19.9. The summed E-state index contributed by atoms with van der Waals surface area (Å²) in [6.07, 6.45) is -4.53. The lowest BCUT2D eigenvalue weighted by Crippen LogP contribution is -2.51. The van der Waals surface area contributed by atoms with E-state index in [9.17, 15) is 18.0 Å². The molecule has 1 aromatic rings. The molecule has 7 heteroatoms. The summed E-state index contributed by atoms with van der Waals surface area (Å²) in [5, 5.41) is 0.992. The number of carbonyl (C=O) groups is 1. The highest BCUT2D eigenvalue weighted by Crippen LogP contribution is 2.43. The van der Waals surface area contributed by atoms with Crippen LogP contribution in [0.15, 0.2) is 24.3 Å². The Labute approximate surface area is 139 Å². The van der Waals surface area contributed by atoms with E-state index < -0.39 is 29.3 Å². The van der Waals surface area contributed by atoms with Crippen LogP contribution in [0.5, 0.6) is 5.75 Å². The Morgan fingerprint density at radius 2 is 1.88 bits per heavy atom. The Kier molecular flexibility index (Phi) is 4.61. The number of hydrogen-bond donors (Lipinski definition) is 1. The average molecular weight is 344 g/mol. The van der Waals surface area contributed by atoms with E-state index in [4.69, 9.17) is 4.74 Å². The van der Waals surface area contributed by atoms with Gasteiger partial charge in [-0.25, -0.2) is 0 Å². The predicted molar refractivity (Wildman–Crippen MR) is 84.3 cm³/mol. The van der Waals surface area contributed by atoms with Crippen LogP contribution in [0.1, 0.15) is 52.6 Å². The van der Waals surface area contributed by atoms with Gasteiger partial charge < -0.3 is 4.74 Å². The lowest BCUT2D eigenvalue weighted by atomic mass is 9.97. The molecule has 1 aliphatic heterocycles. The van der Waals surface area contributed by atoms with Crippen LogP contribution >= 0.6 is 0 Å². The highest BCUT2D eigenvalue weighted by atomic mass is 19.4. The Morgan fingerprint density at radius 1 is 1.25 bits per heavy atom. The van der Waals surface area contributed by atoms with Gasteiger partial charge >= 0.3 is 6.18 Å². The number of nitrogens with zero attached hydrogens (tertiary/aromatic N) is 1. The molecule has 4 nitrogen and oxygen atoms in total. The number of hydrogen-bond acceptors (Lipinski definition) is 3. The molecular formula is C17H23F3N2O2. The summed E-state index contributed by atoms with van der Waals surface area (Å²) in [6, 6.07) is 3.98. The number of hydrazine groups is 1. The van der Waals surface area contributed by atoms with E-state index in [0.717, 1.165) is 5.01 Å². The van der Waals surface area contributed by atoms with E-state index in [1.165, 1.54) is 18.2 Å². The summed E-state index contributed by atoms with van der Waals surface area (Å²) in [6.45, 7) is 8.69. The van der Waals surface area contributed by atoms with Crippen molar-refractivity contribution < 1.29 is 22.7 Å². The first-order chi connectivity index (χ1) is 10.8. The Morgan fingerprint density at radius 3 is 2.33 bits per heavy atom. The third-order valence-corrected chi connectivity index (χ3v) is 3.66. The number of ether oxygens (including phenoxy) is 1. The highest BCUT2D eigenvalue weighted by Gasteiger charge is 2.53. The van der Waals surface area contributed by atoms with E-state index in [-0.39, 0.29) is 12.0 Å². The van der Waals surface area contributed by atoms with Crippen molar-refractivity contribution in [1.29, 1.82) is 0 Å². The molecular weight excluding hydrogens is 321 g/mol. The number of carbonyl (C=O) groups excluding carboxylic acids is 1. The SMILES string of the molecule is CC(C)(C)Oc1cccc(C(N2NC(=O)CC2(C)C)C(F)(F)F)c1. The first kappa shape index (κ1) is 18.6. The van der Waals surface area contributed by atoms with E-state index in [1.54, 1.807) is 19.9 Å². The number of nitrogens with one attached hydrogen (secondary N) is 1. The largest absolute Gasteiger partial charge is 0.488 e. The molecule has 24 heavy (non-hydrogen) atoms. The second-order valence-electron chi connectivity index (χ2n) is 7.63. The minimum Gasteiger partial charge on any atom is -0.488 e. The number of amides is 1. The summed E-state index contributed by atoms with van der Waals surface area (Å²) >= 11 is 0. The number of benzene rings is 1. The van der Waals surface area contributed by atoms with Gasteiger partial charge in [0.25, 0.3) is 0 Å². The summed E-state index contributed by atoms with van der Waals surface area (Å²) in [5.41, 5.74) is 0.911. The summed E-state index contributed by atoms with van der Waals surface area (Å²) in [4.78, 5) is 11.6. The van der Waals surface area contributed by atoms with Crippen molar-refractivity contribution in [3.63, 3.8) is 0 Å². The van der Waals surface area contributed by atoms with Crippen molar-refractivity contribution in [3.8, 4) is 5.75 Å². The van der Waals surface area contributed by atoms with Crippen LogP contribution in [0.4, 0.5) is 13.2 Å². The Bertz CT molecular complexity index is 621. The van der Waals surface area contributed by atoms with E-state index >= 15 is 0 Å². The zero-order valence-corrected chi connectivity index (χ0v) is 14.5. The number of halogens is 3. The van der Waals surface area contributed by atoms with Gasteiger partial charge in [0.15, 0.2) is 6.04 Å². The van der Waals surface area contributed by atoms with Crippen LogP contribution in [0.25, 0.3) is 0 Å². The van der Waals surface area contributed by atoms with E-state index in [1.807, 2.05) is 20.8 Å². The average Bonchev–Trinajstić information content (AvgIpc) is 2.59. The first-order valence-electron chi connectivity index (χ1n) is 7.74. The quantitative estimate of drug-likeness (QED) is 0.902. The summed E-state index contributed by atoms with van der Waals surface area (Å²) in [5.74, 6) is -0.0612. The van der Waals surface area contributed by atoms with Crippen LogP contribution in [-0.2, 0) is 4.79 Å². The maximum atomic E-state index is 13.8. The van der Waals surface area contributed by atoms with Gasteiger partial charge in [-0.05, 0) is 52.3 Å². The van der Waals surface area contributed by atoms with Crippen LogP contribution in [0, 0.1) is 0 Å². The Hall–Kier alpha value is -1.76. The molecule has 1 fully saturated rings. The van der Waals surface area contributed by atoms with Gasteiger partial charge in [0.1, 0.15) is 11.4 Å². The van der Waals surface area contributed by atoms with Crippen molar-refractivity contribution in [2.45, 2.75) is 64.4 Å². The number of rotatable bonds is 3. The molecule has 1 aliphatic rings. The third kappa shape index (κ3) is 4.20. The second kappa shape index (κ2) is 5.95. The van der Waals surface area contributed by atoms with Crippen LogP contribution in [-0.4, -0.2) is 28.2 Å². The van der Waals surface area contributed by atoms with Crippen LogP contribution in [0.2, 0.25) is 0 Å². The molecule has 1 saturated heterocycles. The second-order valence-corrected chi connectivity index (χ2v) is 7.63. The molecule has 0 aromatic heterocycles. The van der Waals surface area contributed by atoms with Crippen molar-refractivity contribution in [2.24, 2.45) is 0 Å². The van der Waals surface area contributed by atoms with Gasteiger partial charge in [-0.2, -0.15) is 18.2 Å². The molecule has 1 unspecified atom stereocenters. The molecule has 1 heterocycles. The standard InChI is InChI=1S/C17H23F3N2O2/c1-15(2,3)24-12-8-6-7-11(9-12)14(17(18,19)20)22-16(4,5)10-13(23)21-22/h6-9,14H,10H2,1-5H3,(H,21,23). The molecule has 0 spiro atoms. The third-order valence-electron chi connectivity index (χ3n) is 3.66. The minimum absolute atomic E-state index is 0.0117. The van der Waals surface area contributed by atoms with Crippen molar-refractivity contribution in [3.05, 3.63) is 29.8 Å². The molecule has 1 atom stereocenters. The molecule has 1 aromatic carbocycles. The molecule has 0 bridgehead atoms. The van der Waals surface area contributed by atoms with Crippen LogP contribution in [0.3, 0.4) is 0 Å². The van der Waals surface area contributed by atoms with Crippen molar-refractivity contribution in [1.82, 2.24) is 10.4 Å². The monoisotopic (exact) mass is 344 g/mol. The van der Waals surface area contributed by atoms with Gasteiger partial charge in [0, 0.05) is 12.0 Å². The first-order valence-corrected chi connectivity index (χ1v) is 7.74.